The molecule has 0 aliphatic carbocycles. The predicted molar refractivity (Wildman–Crippen MR) is 49.8 cm³/mol. The lowest BCUT2D eigenvalue weighted by Crippen LogP contribution is -2.26. The molecule has 0 unspecified atom stereocenters. The van der Waals surface area contributed by atoms with E-state index >= 15 is 0 Å². The van der Waals surface area contributed by atoms with Gasteiger partial charge >= 0.3 is 0 Å². The van der Waals surface area contributed by atoms with Crippen LogP contribution in [-0.4, -0.2) is 30.6 Å². The van der Waals surface area contributed by atoms with Crippen molar-refractivity contribution in [2.45, 2.75) is 13.8 Å². The normalized spacial score (nSPS) is 10.8. The van der Waals surface area contributed by atoms with Gasteiger partial charge in [0.25, 0.3) is 0 Å². The molecule has 0 aromatic carbocycles. The number of carbonyl (C=O) groups excluding carboxylic acids is 1. The third-order valence-electron chi connectivity index (χ3n) is 1.57. The molecular formula is C8H15N3O. The maximum Gasteiger partial charge on any atom is 0.223 e. The van der Waals surface area contributed by atoms with Crippen LogP contribution in [0.2, 0.25) is 0 Å². The van der Waals surface area contributed by atoms with Crippen LogP contribution in [0.5, 0.6) is 0 Å². The highest BCUT2D eigenvalue weighted by molar-refractivity contribution is 6.00. The number of rotatable bonds is 3. The zero-order valence-corrected chi connectivity index (χ0v) is 8.01. The first kappa shape index (κ1) is 10.7. The Morgan fingerprint density at radius 3 is 2.33 bits per heavy atom. The zero-order chi connectivity index (χ0) is 9.72. The summed E-state index contributed by atoms with van der Waals surface area (Å²) >= 11 is 0. The number of carbonyl (C=O) groups is 1. The Morgan fingerprint density at radius 1 is 1.50 bits per heavy atom. The quantitative estimate of drug-likeness (QED) is 0.496. The van der Waals surface area contributed by atoms with Gasteiger partial charge in [0.15, 0.2) is 0 Å². The van der Waals surface area contributed by atoms with Crippen LogP contribution in [0.1, 0.15) is 13.8 Å². The Bertz CT molecular complexity index is 220. The molecular weight excluding hydrogens is 154 g/mol. The number of hydrogen-bond acceptors (Lipinski definition) is 3. The topological polar surface area (TPSA) is 44.7 Å². The number of nitrogens with one attached hydrogen (secondary N) is 1. The minimum Gasteiger partial charge on any atom is -0.314 e. The molecule has 1 amide bonds. The third kappa shape index (κ3) is 2.74. The molecule has 0 aromatic rings. The van der Waals surface area contributed by atoms with E-state index in [1.807, 2.05) is 0 Å². The molecule has 0 aliphatic heterocycles. The van der Waals surface area contributed by atoms with Gasteiger partial charge in [-0.1, -0.05) is 6.58 Å². The van der Waals surface area contributed by atoms with Crippen molar-refractivity contribution in [1.29, 1.82) is 0 Å². The second-order valence-electron chi connectivity index (χ2n) is 2.45. The van der Waals surface area contributed by atoms with E-state index in [-0.39, 0.29) is 5.91 Å². The molecule has 0 aromatic heterocycles. The average Bonchev–Trinajstić information content (AvgIpc) is 2.02. The molecule has 0 heterocycles. The van der Waals surface area contributed by atoms with Crippen molar-refractivity contribution in [2.75, 3.05) is 14.1 Å². The van der Waals surface area contributed by atoms with Gasteiger partial charge in [0.05, 0.1) is 11.4 Å². The Morgan fingerprint density at radius 2 is 2.00 bits per heavy atom. The van der Waals surface area contributed by atoms with Crippen LogP contribution in [0.15, 0.2) is 17.4 Å². The summed E-state index contributed by atoms with van der Waals surface area (Å²) in [4.78, 5) is 12.3. The highest BCUT2D eigenvalue weighted by atomic mass is 16.2. The van der Waals surface area contributed by atoms with Gasteiger partial charge in [-0.25, -0.2) is 0 Å². The lowest BCUT2D eigenvalue weighted by atomic mass is 10.3. The first-order valence-corrected chi connectivity index (χ1v) is 3.65. The highest BCUT2D eigenvalue weighted by Gasteiger charge is 2.08. The monoisotopic (exact) mass is 169 g/mol. The average molecular weight is 169 g/mol. The second kappa shape index (κ2) is 4.54. The van der Waals surface area contributed by atoms with Gasteiger partial charge in [-0.15, -0.1) is 0 Å². The summed E-state index contributed by atoms with van der Waals surface area (Å²) in [5.41, 5.74) is 3.94. The zero-order valence-electron chi connectivity index (χ0n) is 8.01. The molecule has 0 saturated carbocycles. The molecule has 0 atom stereocenters. The molecule has 12 heavy (non-hydrogen) atoms. The summed E-state index contributed by atoms with van der Waals surface area (Å²) in [5.74, 6) is -0.0503. The first-order valence-electron chi connectivity index (χ1n) is 3.65. The van der Waals surface area contributed by atoms with E-state index in [1.54, 1.807) is 21.0 Å². The van der Waals surface area contributed by atoms with Gasteiger partial charge < -0.3 is 10.3 Å². The fourth-order valence-electron chi connectivity index (χ4n) is 0.665. The summed E-state index contributed by atoms with van der Waals surface area (Å²) in [6, 6.07) is 0. The molecule has 4 heteroatoms. The summed E-state index contributed by atoms with van der Waals surface area (Å²) < 4.78 is 0. The van der Waals surface area contributed by atoms with Crippen molar-refractivity contribution in [3.63, 3.8) is 0 Å². The SMILES string of the molecule is C=C(/C(C)=N\NC)N(C)C(C)=O. The lowest BCUT2D eigenvalue weighted by Gasteiger charge is -2.16. The highest BCUT2D eigenvalue weighted by Crippen LogP contribution is 2.00. The largest absolute Gasteiger partial charge is 0.314 e. The van der Waals surface area contributed by atoms with E-state index in [9.17, 15) is 4.79 Å². The fraction of sp³-hybridized carbons (Fsp3) is 0.500. The van der Waals surface area contributed by atoms with Crippen molar-refractivity contribution in [1.82, 2.24) is 10.3 Å². The molecule has 0 aliphatic rings. The smallest absolute Gasteiger partial charge is 0.223 e. The van der Waals surface area contributed by atoms with Crippen LogP contribution in [0.4, 0.5) is 0 Å². The van der Waals surface area contributed by atoms with Crippen LogP contribution >= 0.6 is 0 Å². The van der Waals surface area contributed by atoms with Gasteiger partial charge in [-0.05, 0) is 6.92 Å². The Balaban J connectivity index is 4.39. The van der Waals surface area contributed by atoms with E-state index in [0.717, 1.165) is 0 Å². The predicted octanol–water partition coefficient (Wildman–Crippen LogP) is 0.574. The Labute approximate surface area is 72.9 Å². The van der Waals surface area contributed by atoms with Gasteiger partial charge in [-0.3, -0.25) is 4.79 Å². The van der Waals surface area contributed by atoms with Crippen LogP contribution in [-0.2, 0) is 4.79 Å². The van der Waals surface area contributed by atoms with Crippen molar-refractivity contribution in [2.24, 2.45) is 5.10 Å². The minimum absolute atomic E-state index is 0.0503. The molecule has 0 bridgehead atoms. The molecule has 0 spiro atoms. The summed E-state index contributed by atoms with van der Waals surface area (Å²) in [6.45, 7) is 7.00. The molecule has 0 saturated heterocycles. The van der Waals surface area contributed by atoms with Crippen molar-refractivity contribution in [3.05, 3.63) is 12.3 Å². The standard InChI is InChI=1S/C8H15N3O/c1-6(10-9-4)7(2)11(5)8(3)12/h9H,2H2,1,3-5H3/b10-6-. The summed E-state index contributed by atoms with van der Waals surface area (Å²) in [6.07, 6.45) is 0. The molecule has 4 nitrogen and oxygen atoms in total. The second-order valence-corrected chi connectivity index (χ2v) is 2.45. The molecule has 1 N–H and O–H groups in total. The van der Waals surface area contributed by atoms with Crippen LogP contribution in [0.3, 0.4) is 0 Å². The summed E-state index contributed by atoms with van der Waals surface area (Å²) in [5, 5.41) is 3.90. The fourth-order valence-corrected chi connectivity index (χ4v) is 0.665. The molecule has 0 radical (unpaired) electrons. The van der Waals surface area contributed by atoms with Crippen LogP contribution in [0.25, 0.3) is 0 Å². The maximum absolute atomic E-state index is 10.9. The van der Waals surface area contributed by atoms with E-state index in [2.05, 4.69) is 17.1 Å². The number of hydrazone groups is 1. The summed E-state index contributed by atoms with van der Waals surface area (Å²) in [7, 11) is 3.36. The van der Waals surface area contributed by atoms with Gasteiger partial charge in [0, 0.05) is 21.0 Å². The van der Waals surface area contributed by atoms with Crippen molar-refractivity contribution < 1.29 is 4.79 Å². The molecule has 68 valence electrons. The van der Waals surface area contributed by atoms with Gasteiger partial charge in [0.1, 0.15) is 0 Å². The molecule has 0 fully saturated rings. The molecule has 0 rings (SSSR count). The Hall–Kier alpha value is -1.32. The minimum atomic E-state index is -0.0503. The Kier molecular flexibility index (Phi) is 4.04. The number of hydrogen-bond donors (Lipinski definition) is 1. The number of allylic oxidation sites excluding steroid dienone is 1. The van der Waals surface area contributed by atoms with Crippen LogP contribution in [0, 0.1) is 0 Å². The lowest BCUT2D eigenvalue weighted by molar-refractivity contribution is -0.125. The van der Waals surface area contributed by atoms with Gasteiger partial charge in [0.2, 0.25) is 5.91 Å². The van der Waals surface area contributed by atoms with Crippen LogP contribution < -0.4 is 5.43 Å². The van der Waals surface area contributed by atoms with E-state index < -0.39 is 0 Å². The van der Waals surface area contributed by atoms with Crippen molar-refractivity contribution >= 4 is 11.6 Å². The van der Waals surface area contributed by atoms with E-state index in [0.29, 0.717) is 11.4 Å². The number of nitrogens with zero attached hydrogens (tertiary/aromatic N) is 2. The van der Waals surface area contributed by atoms with E-state index in [1.165, 1.54) is 11.8 Å². The van der Waals surface area contributed by atoms with E-state index in [4.69, 9.17) is 0 Å². The number of amides is 1. The van der Waals surface area contributed by atoms with Gasteiger partial charge in [-0.2, -0.15) is 5.10 Å². The maximum atomic E-state index is 10.9. The van der Waals surface area contributed by atoms with Crippen molar-refractivity contribution in [3.8, 4) is 0 Å². The third-order valence-corrected chi connectivity index (χ3v) is 1.57. The first-order chi connectivity index (χ1) is 5.50.